The molecule has 9 heteroatoms. The van der Waals surface area contributed by atoms with E-state index >= 15 is 0 Å². The van der Waals surface area contributed by atoms with E-state index in [4.69, 9.17) is 0 Å². The molecule has 0 unspecified atom stereocenters. The van der Waals surface area contributed by atoms with Crippen LogP contribution in [-0.4, -0.2) is 48.6 Å². The summed E-state index contributed by atoms with van der Waals surface area (Å²) >= 11 is 3.27. The van der Waals surface area contributed by atoms with Crippen molar-refractivity contribution < 1.29 is 18.0 Å². The monoisotopic (exact) mass is 417 g/mol. The maximum Gasteiger partial charge on any atom is 0.401 e. The lowest BCUT2D eigenvalue weighted by Gasteiger charge is -2.18. The number of nitrogens with one attached hydrogen (secondary N) is 1. The first-order chi connectivity index (χ1) is 12.7. The SMILES string of the molecule is Cc1csc(SCc2ccc(C(=O)NCCCN(C)CC(F)(F)F)cc2)n1. The fourth-order valence-corrected chi connectivity index (χ4v) is 4.14. The van der Waals surface area contributed by atoms with Crippen LogP contribution >= 0.6 is 23.1 Å². The fraction of sp³-hybridized carbons (Fsp3) is 0.444. The average Bonchev–Trinajstić information content (AvgIpc) is 3.01. The third kappa shape index (κ3) is 8.32. The number of thiazole rings is 1. The summed E-state index contributed by atoms with van der Waals surface area (Å²) in [5, 5.41) is 4.75. The molecule has 1 aromatic carbocycles. The standard InChI is InChI=1S/C18H22F3N3OS2/c1-13-10-26-17(23-13)27-11-14-4-6-15(7-5-14)16(25)22-8-3-9-24(2)12-18(19,20)21/h4-7,10H,3,8-9,11-12H2,1-2H3,(H,22,25). The number of amides is 1. The van der Waals surface area contributed by atoms with Crippen molar-refractivity contribution in [2.45, 2.75) is 29.6 Å². The zero-order valence-corrected chi connectivity index (χ0v) is 16.8. The van der Waals surface area contributed by atoms with Crippen LogP contribution in [0.3, 0.4) is 0 Å². The molecule has 0 saturated carbocycles. The van der Waals surface area contributed by atoms with E-state index in [0.29, 0.717) is 18.5 Å². The van der Waals surface area contributed by atoms with Crippen molar-refractivity contribution in [3.8, 4) is 0 Å². The van der Waals surface area contributed by atoms with Gasteiger partial charge in [-0.3, -0.25) is 9.69 Å². The molecule has 27 heavy (non-hydrogen) atoms. The molecule has 1 heterocycles. The molecule has 1 amide bonds. The Morgan fingerprint density at radius 2 is 2.00 bits per heavy atom. The zero-order valence-electron chi connectivity index (χ0n) is 15.2. The summed E-state index contributed by atoms with van der Waals surface area (Å²) < 4.78 is 37.7. The molecule has 1 N–H and O–H groups in total. The van der Waals surface area contributed by atoms with E-state index in [2.05, 4.69) is 10.3 Å². The summed E-state index contributed by atoms with van der Waals surface area (Å²) in [5.74, 6) is 0.559. The molecule has 0 aliphatic rings. The molecule has 0 radical (unpaired) electrons. The highest BCUT2D eigenvalue weighted by Gasteiger charge is 2.28. The van der Waals surface area contributed by atoms with Gasteiger partial charge in [0.25, 0.3) is 5.91 Å². The molecule has 0 atom stereocenters. The van der Waals surface area contributed by atoms with E-state index in [0.717, 1.165) is 21.3 Å². The highest BCUT2D eigenvalue weighted by atomic mass is 32.2. The van der Waals surface area contributed by atoms with E-state index in [-0.39, 0.29) is 12.5 Å². The van der Waals surface area contributed by atoms with Crippen LogP contribution in [0.15, 0.2) is 34.0 Å². The molecule has 0 aliphatic heterocycles. The number of hydrogen-bond acceptors (Lipinski definition) is 5. The summed E-state index contributed by atoms with van der Waals surface area (Å²) in [6, 6.07) is 7.32. The smallest absolute Gasteiger partial charge is 0.352 e. The Hall–Kier alpha value is -1.58. The van der Waals surface area contributed by atoms with Crippen LogP contribution in [0.4, 0.5) is 13.2 Å². The van der Waals surface area contributed by atoms with E-state index in [1.807, 2.05) is 24.4 Å². The first-order valence-electron chi connectivity index (χ1n) is 8.40. The number of benzene rings is 1. The van der Waals surface area contributed by atoms with E-state index < -0.39 is 12.7 Å². The molecule has 0 saturated heterocycles. The van der Waals surface area contributed by atoms with E-state index in [1.54, 1.807) is 35.2 Å². The summed E-state index contributed by atoms with van der Waals surface area (Å²) in [6.07, 6.45) is -3.74. The minimum Gasteiger partial charge on any atom is -0.352 e. The van der Waals surface area contributed by atoms with Gasteiger partial charge in [0.1, 0.15) is 4.34 Å². The van der Waals surface area contributed by atoms with Crippen LogP contribution < -0.4 is 5.32 Å². The van der Waals surface area contributed by atoms with Crippen LogP contribution in [0.2, 0.25) is 0 Å². The summed E-state index contributed by atoms with van der Waals surface area (Å²) in [6.45, 7) is 1.62. The normalized spacial score (nSPS) is 11.8. The Bertz CT molecular complexity index is 732. The maximum atomic E-state index is 12.2. The molecule has 0 fully saturated rings. The van der Waals surface area contributed by atoms with Gasteiger partial charge in [-0.15, -0.1) is 11.3 Å². The molecule has 4 nitrogen and oxygen atoms in total. The lowest BCUT2D eigenvalue weighted by atomic mass is 10.1. The molecule has 2 rings (SSSR count). The number of aromatic nitrogens is 1. The van der Waals surface area contributed by atoms with Gasteiger partial charge in [-0.05, 0) is 44.6 Å². The minimum absolute atomic E-state index is 0.219. The fourth-order valence-electron chi connectivity index (χ4n) is 2.33. The van der Waals surface area contributed by atoms with E-state index in [9.17, 15) is 18.0 Å². The van der Waals surface area contributed by atoms with Gasteiger partial charge in [0.15, 0.2) is 0 Å². The molecule has 1 aromatic heterocycles. The number of thioether (sulfide) groups is 1. The van der Waals surface area contributed by atoms with Gasteiger partial charge in [-0.2, -0.15) is 13.2 Å². The Labute approximate surface area is 165 Å². The van der Waals surface area contributed by atoms with Gasteiger partial charge >= 0.3 is 6.18 Å². The summed E-state index contributed by atoms with van der Waals surface area (Å²) in [4.78, 5) is 17.7. The Kier molecular flexibility index (Phi) is 8.12. The predicted molar refractivity (Wildman–Crippen MR) is 103 cm³/mol. The first-order valence-corrected chi connectivity index (χ1v) is 10.3. The third-order valence-corrected chi connectivity index (χ3v) is 5.84. The number of halogens is 3. The van der Waals surface area contributed by atoms with Gasteiger partial charge in [0.2, 0.25) is 0 Å². The lowest BCUT2D eigenvalue weighted by Crippen LogP contribution is -2.33. The molecule has 0 aliphatic carbocycles. The predicted octanol–water partition coefficient (Wildman–Crippen LogP) is 4.36. The Morgan fingerprint density at radius 3 is 2.59 bits per heavy atom. The van der Waals surface area contributed by atoms with Crippen LogP contribution in [0.1, 0.15) is 28.0 Å². The van der Waals surface area contributed by atoms with Gasteiger partial charge in [-0.1, -0.05) is 23.9 Å². The van der Waals surface area contributed by atoms with E-state index in [1.165, 1.54) is 11.9 Å². The summed E-state index contributed by atoms with van der Waals surface area (Å²) in [5.41, 5.74) is 2.65. The second-order valence-corrected chi connectivity index (χ2v) is 8.28. The van der Waals surface area contributed by atoms with Crippen molar-refractivity contribution in [3.05, 3.63) is 46.5 Å². The molecule has 0 spiro atoms. The van der Waals surface area contributed by atoms with Crippen LogP contribution in [0.25, 0.3) is 0 Å². The van der Waals surface area contributed by atoms with Crippen molar-refractivity contribution in [1.29, 1.82) is 0 Å². The second-order valence-electron chi connectivity index (χ2n) is 6.20. The number of carbonyl (C=O) groups is 1. The van der Waals surface area contributed by atoms with Gasteiger partial charge in [0, 0.05) is 28.9 Å². The number of aryl methyl sites for hydroxylation is 1. The Morgan fingerprint density at radius 1 is 1.30 bits per heavy atom. The highest BCUT2D eigenvalue weighted by Crippen LogP contribution is 2.26. The molecular weight excluding hydrogens is 395 g/mol. The molecule has 148 valence electrons. The van der Waals surface area contributed by atoms with Crippen molar-refractivity contribution in [1.82, 2.24) is 15.2 Å². The van der Waals surface area contributed by atoms with Crippen molar-refractivity contribution in [2.24, 2.45) is 0 Å². The lowest BCUT2D eigenvalue weighted by molar-refractivity contribution is -0.143. The number of carbonyl (C=O) groups excluding carboxylic acids is 1. The Balaban J connectivity index is 1.70. The summed E-state index contributed by atoms with van der Waals surface area (Å²) in [7, 11) is 1.42. The van der Waals surface area contributed by atoms with Gasteiger partial charge in [0.05, 0.1) is 6.54 Å². The molecule has 0 bridgehead atoms. The number of nitrogens with zero attached hydrogens (tertiary/aromatic N) is 2. The first kappa shape index (κ1) is 21.7. The molecule has 2 aromatic rings. The topological polar surface area (TPSA) is 45.2 Å². The number of rotatable bonds is 9. The number of hydrogen-bond donors (Lipinski definition) is 1. The van der Waals surface area contributed by atoms with Crippen molar-refractivity contribution in [3.63, 3.8) is 0 Å². The van der Waals surface area contributed by atoms with Crippen LogP contribution in [-0.2, 0) is 5.75 Å². The van der Waals surface area contributed by atoms with Gasteiger partial charge in [-0.25, -0.2) is 4.98 Å². The zero-order chi connectivity index (χ0) is 19.9. The third-order valence-electron chi connectivity index (χ3n) is 3.63. The van der Waals surface area contributed by atoms with Crippen molar-refractivity contribution >= 4 is 29.0 Å². The van der Waals surface area contributed by atoms with Crippen LogP contribution in [0, 0.1) is 6.92 Å². The largest absolute Gasteiger partial charge is 0.401 e. The quantitative estimate of drug-likeness (QED) is 0.487. The maximum absolute atomic E-state index is 12.2. The van der Waals surface area contributed by atoms with Gasteiger partial charge < -0.3 is 5.32 Å². The minimum atomic E-state index is -4.20. The molecular formula is C18H22F3N3OS2. The second kappa shape index (κ2) is 10.1. The van der Waals surface area contributed by atoms with Crippen LogP contribution in [0.5, 0.6) is 0 Å². The average molecular weight is 418 g/mol. The highest BCUT2D eigenvalue weighted by molar-refractivity contribution is 8.00. The van der Waals surface area contributed by atoms with Crippen molar-refractivity contribution in [2.75, 3.05) is 26.7 Å². The number of alkyl halides is 3.